The van der Waals surface area contributed by atoms with Crippen molar-refractivity contribution in [2.75, 3.05) is 6.61 Å². The maximum Gasteiger partial charge on any atom is 0.511 e. The van der Waals surface area contributed by atoms with Crippen LogP contribution in [0.5, 0.6) is 11.5 Å². The first kappa shape index (κ1) is 22.4. The lowest BCUT2D eigenvalue weighted by molar-refractivity contribution is 0.144. The van der Waals surface area contributed by atoms with Crippen molar-refractivity contribution in [2.45, 2.75) is 38.5 Å². The number of aromatic amines is 1. The minimum atomic E-state index is -1.33. The highest BCUT2D eigenvalue weighted by Crippen LogP contribution is 2.20. The van der Waals surface area contributed by atoms with Gasteiger partial charge in [0.2, 0.25) is 0 Å². The van der Waals surface area contributed by atoms with Crippen LogP contribution in [0.15, 0.2) is 72.8 Å². The average molecular weight is 445 g/mol. The number of benzene rings is 3. The number of rotatable bonds is 11. The molecular weight excluding hydrogens is 416 g/mol. The van der Waals surface area contributed by atoms with E-state index < -0.39 is 6.16 Å². The summed E-state index contributed by atoms with van der Waals surface area (Å²) in [4.78, 5) is 18.5. The number of H-pyrrole nitrogens is 1. The molecule has 0 aliphatic rings. The second-order valence-electron chi connectivity index (χ2n) is 8.02. The number of nitrogens with zero attached hydrogens (tertiary/aromatic N) is 1. The summed E-state index contributed by atoms with van der Waals surface area (Å²) in [5, 5.41) is 8.74. The first-order valence-electron chi connectivity index (χ1n) is 11.3. The molecule has 0 saturated heterocycles. The van der Waals surface area contributed by atoms with Gasteiger partial charge in [0.25, 0.3) is 0 Å². The molecule has 33 heavy (non-hydrogen) atoms. The van der Waals surface area contributed by atoms with Gasteiger partial charge in [-0.3, -0.25) is 0 Å². The SMILES string of the molecule is O=C(O)Oc1ccc2nc(CCc3ccc(OCCCCCc4ccccc4)cc3)[nH]c2c1. The number of imidazole rings is 1. The molecule has 170 valence electrons. The van der Waals surface area contributed by atoms with Gasteiger partial charge in [0.05, 0.1) is 17.6 Å². The maximum atomic E-state index is 10.7. The van der Waals surface area contributed by atoms with Gasteiger partial charge in [0.15, 0.2) is 0 Å². The number of carboxylic acid groups (broad SMARTS) is 1. The zero-order chi connectivity index (χ0) is 22.9. The highest BCUT2D eigenvalue weighted by atomic mass is 16.7. The number of hydrogen-bond acceptors (Lipinski definition) is 4. The molecule has 0 aliphatic heterocycles. The first-order valence-corrected chi connectivity index (χ1v) is 11.3. The van der Waals surface area contributed by atoms with Crippen LogP contribution in [0.2, 0.25) is 0 Å². The van der Waals surface area contributed by atoms with Crippen LogP contribution in [-0.4, -0.2) is 27.8 Å². The molecule has 0 atom stereocenters. The van der Waals surface area contributed by atoms with Gasteiger partial charge in [0, 0.05) is 12.5 Å². The van der Waals surface area contributed by atoms with Gasteiger partial charge in [-0.05, 0) is 67.5 Å². The van der Waals surface area contributed by atoms with Gasteiger partial charge in [-0.2, -0.15) is 0 Å². The molecule has 4 aromatic rings. The van der Waals surface area contributed by atoms with Gasteiger partial charge in [0.1, 0.15) is 17.3 Å². The predicted octanol–water partition coefficient (Wildman–Crippen LogP) is 6.20. The minimum absolute atomic E-state index is 0.275. The maximum absolute atomic E-state index is 10.7. The summed E-state index contributed by atoms with van der Waals surface area (Å²) >= 11 is 0. The van der Waals surface area contributed by atoms with Crippen LogP contribution in [0.25, 0.3) is 11.0 Å². The Kier molecular flexibility index (Phi) is 7.59. The van der Waals surface area contributed by atoms with Crippen LogP contribution in [0, 0.1) is 0 Å². The van der Waals surface area contributed by atoms with E-state index in [1.165, 1.54) is 17.5 Å². The Balaban J connectivity index is 1.18. The molecule has 1 aromatic heterocycles. The predicted molar refractivity (Wildman–Crippen MR) is 128 cm³/mol. The van der Waals surface area contributed by atoms with Crippen LogP contribution in [0.3, 0.4) is 0 Å². The third-order valence-electron chi connectivity index (χ3n) is 5.50. The molecule has 0 spiro atoms. The number of hydrogen-bond donors (Lipinski definition) is 2. The van der Waals surface area contributed by atoms with Gasteiger partial charge in [-0.15, -0.1) is 0 Å². The molecule has 0 saturated carbocycles. The molecular formula is C27H28N2O4. The lowest BCUT2D eigenvalue weighted by Gasteiger charge is -2.07. The molecule has 0 aliphatic carbocycles. The van der Waals surface area contributed by atoms with Crippen molar-refractivity contribution in [1.29, 1.82) is 0 Å². The zero-order valence-electron chi connectivity index (χ0n) is 18.5. The van der Waals surface area contributed by atoms with Gasteiger partial charge >= 0.3 is 6.16 Å². The summed E-state index contributed by atoms with van der Waals surface area (Å²) in [5.74, 6) is 2.03. The van der Waals surface area contributed by atoms with Crippen LogP contribution in [-0.2, 0) is 19.3 Å². The lowest BCUT2D eigenvalue weighted by Crippen LogP contribution is -2.02. The smallest absolute Gasteiger partial charge is 0.494 e. The summed E-state index contributed by atoms with van der Waals surface area (Å²) in [6.45, 7) is 0.737. The van der Waals surface area contributed by atoms with E-state index in [4.69, 9.17) is 14.6 Å². The molecule has 0 radical (unpaired) electrons. The normalized spacial score (nSPS) is 10.9. The molecule has 6 heteroatoms. The number of aryl methyl sites for hydroxylation is 3. The number of aromatic nitrogens is 2. The fourth-order valence-electron chi connectivity index (χ4n) is 3.78. The van der Waals surface area contributed by atoms with E-state index in [9.17, 15) is 4.79 Å². The average Bonchev–Trinajstić information content (AvgIpc) is 3.23. The van der Waals surface area contributed by atoms with Crippen molar-refractivity contribution in [3.63, 3.8) is 0 Å². The molecule has 3 aromatic carbocycles. The fourth-order valence-corrected chi connectivity index (χ4v) is 3.78. The number of nitrogens with one attached hydrogen (secondary N) is 1. The highest BCUT2D eigenvalue weighted by molar-refractivity contribution is 5.77. The van der Waals surface area contributed by atoms with E-state index in [0.29, 0.717) is 0 Å². The molecule has 2 N–H and O–H groups in total. The largest absolute Gasteiger partial charge is 0.511 e. The zero-order valence-corrected chi connectivity index (χ0v) is 18.5. The van der Waals surface area contributed by atoms with Crippen LogP contribution >= 0.6 is 0 Å². The van der Waals surface area contributed by atoms with Crippen molar-refractivity contribution >= 4 is 17.2 Å². The van der Waals surface area contributed by atoms with E-state index in [2.05, 4.69) is 52.4 Å². The summed E-state index contributed by atoms with van der Waals surface area (Å²) in [5.41, 5.74) is 4.15. The van der Waals surface area contributed by atoms with Crippen LogP contribution < -0.4 is 9.47 Å². The molecule has 4 rings (SSSR count). The number of carbonyl (C=O) groups is 1. The van der Waals surface area contributed by atoms with Gasteiger partial charge in [-0.25, -0.2) is 9.78 Å². The van der Waals surface area contributed by atoms with Crippen molar-refractivity contribution < 1.29 is 19.4 Å². The van der Waals surface area contributed by atoms with Crippen molar-refractivity contribution in [3.8, 4) is 11.5 Å². The molecule has 0 unspecified atom stereocenters. The number of fused-ring (bicyclic) bond motifs is 1. The Morgan fingerprint density at radius 2 is 1.58 bits per heavy atom. The summed E-state index contributed by atoms with van der Waals surface area (Å²) < 4.78 is 10.6. The number of ether oxygens (including phenoxy) is 2. The third kappa shape index (κ3) is 6.84. The molecule has 0 bridgehead atoms. The van der Waals surface area contributed by atoms with E-state index in [-0.39, 0.29) is 5.75 Å². The standard InChI is InChI=1S/C27H28N2O4/c30-27(31)33-23-15-16-24-25(19-23)29-26(28-24)17-12-21-10-13-22(14-11-21)32-18-6-2-5-9-20-7-3-1-4-8-20/h1,3-4,7-8,10-11,13-16,19H,2,5-6,9,12,17-18H2,(H,28,29)(H,30,31). The molecule has 0 fully saturated rings. The molecule has 1 heterocycles. The summed E-state index contributed by atoms with van der Waals surface area (Å²) in [7, 11) is 0. The summed E-state index contributed by atoms with van der Waals surface area (Å²) in [6, 6.07) is 23.8. The first-order chi connectivity index (χ1) is 16.2. The monoisotopic (exact) mass is 444 g/mol. The van der Waals surface area contributed by atoms with Crippen molar-refractivity contribution in [2.24, 2.45) is 0 Å². The van der Waals surface area contributed by atoms with Gasteiger partial charge < -0.3 is 19.6 Å². The van der Waals surface area contributed by atoms with E-state index in [1.54, 1.807) is 18.2 Å². The van der Waals surface area contributed by atoms with Crippen LogP contribution in [0.1, 0.15) is 36.2 Å². The topological polar surface area (TPSA) is 84.4 Å². The Bertz CT molecular complexity index is 1170. The van der Waals surface area contributed by atoms with E-state index in [1.807, 2.05) is 12.1 Å². The Morgan fingerprint density at radius 3 is 2.36 bits per heavy atom. The highest BCUT2D eigenvalue weighted by Gasteiger charge is 2.07. The minimum Gasteiger partial charge on any atom is -0.494 e. The Morgan fingerprint density at radius 1 is 0.818 bits per heavy atom. The fraction of sp³-hybridized carbons (Fsp3) is 0.259. The second-order valence-corrected chi connectivity index (χ2v) is 8.02. The van der Waals surface area contributed by atoms with Gasteiger partial charge in [-0.1, -0.05) is 42.5 Å². The quantitative estimate of drug-likeness (QED) is 0.164. The van der Waals surface area contributed by atoms with E-state index in [0.717, 1.165) is 61.3 Å². The third-order valence-corrected chi connectivity index (χ3v) is 5.50. The van der Waals surface area contributed by atoms with Crippen LogP contribution in [0.4, 0.5) is 4.79 Å². The lowest BCUT2D eigenvalue weighted by atomic mass is 10.1. The Labute approximate surface area is 193 Å². The second kappa shape index (κ2) is 11.2. The van der Waals surface area contributed by atoms with Crippen molar-refractivity contribution in [3.05, 3.63) is 89.7 Å². The van der Waals surface area contributed by atoms with Crippen molar-refractivity contribution in [1.82, 2.24) is 9.97 Å². The molecule has 6 nitrogen and oxygen atoms in total. The number of unbranched alkanes of at least 4 members (excludes halogenated alkanes) is 2. The Hall–Kier alpha value is -3.80. The summed E-state index contributed by atoms with van der Waals surface area (Å²) in [6.07, 6.45) is 4.79. The molecule has 0 amide bonds. The van der Waals surface area contributed by atoms with E-state index >= 15 is 0 Å².